The fourth-order valence-corrected chi connectivity index (χ4v) is 3.72. The molecule has 1 N–H and O–H groups in total. The first-order chi connectivity index (χ1) is 13.4. The summed E-state index contributed by atoms with van der Waals surface area (Å²) < 4.78 is 14.1. The Hall–Kier alpha value is -2.58. The SMILES string of the molecule is CN(CC(=O)Nc1cccc(F)c1)C(=O)Cc1csc(-c2cccc(Br)c2)n1. The number of nitrogens with one attached hydrogen (secondary N) is 1. The molecular formula is C20H17BrFN3O2S. The van der Waals surface area contributed by atoms with E-state index in [2.05, 4.69) is 26.2 Å². The average molecular weight is 462 g/mol. The van der Waals surface area contributed by atoms with Crippen LogP contribution in [0.25, 0.3) is 10.6 Å². The zero-order valence-corrected chi connectivity index (χ0v) is 17.4. The van der Waals surface area contributed by atoms with Crippen LogP contribution in [0.2, 0.25) is 0 Å². The molecule has 0 unspecified atom stereocenters. The van der Waals surface area contributed by atoms with Gasteiger partial charge in [0.15, 0.2) is 0 Å². The molecule has 3 aromatic rings. The summed E-state index contributed by atoms with van der Waals surface area (Å²) in [6, 6.07) is 13.4. The lowest BCUT2D eigenvalue weighted by atomic mass is 10.2. The highest BCUT2D eigenvalue weighted by atomic mass is 79.9. The van der Waals surface area contributed by atoms with Gasteiger partial charge in [-0.3, -0.25) is 9.59 Å². The molecule has 0 saturated carbocycles. The van der Waals surface area contributed by atoms with Crippen LogP contribution in [-0.4, -0.2) is 35.3 Å². The summed E-state index contributed by atoms with van der Waals surface area (Å²) in [5.74, 6) is -1.05. The molecule has 8 heteroatoms. The first kappa shape index (κ1) is 20.2. The second-order valence-electron chi connectivity index (χ2n) is 6.14. The van der Waals surface area contributed by atoms with E-state index in [-0.39, 0.29) is 18.9 Å². The van der Waals surface area contributed by atoms with E-state index in [0.29, 0.717) is 11.4 Å². The monoisotopic (exact) mass is 461 g/mol. The summed E-state index contributed by atoms with van der Waals surface area (Å²) in [5.41, 5.74) is 1.98. The predicted molar refractivity (Wildman–Crippen MR) is 112 cm³/mol. The van der Waals surface area contributed by atoms with Crippen LogP contribution in [0, 0.1) is 5.82 Å². The molecule has 2 amide bonds. The second-order valence-corrected chi connectivity index (χ2v) is 7.91. The molecule has 0 atom stereocenters. The highest BCUT2D eigenvalue weighted by molar-refractivity contribution is 9.10. The van der Waals surface area contributed by atoms with Crippen molar-refractivity contribution in [3.8, 4) is 10.6 Å². The van der Waals surface area contributed by atoms with Gasteiger partial charge in [-0.05, 0) is 30.3 Å². The largest absolute Gasteiger partial charge is 0.336 e. The predicted octanol–water partition coefficient (Wildman–Crippen LogP) is 4.35. The quantitative estimate of drug-likeness (QED) is 0.593. The van der Waals surface area contributed by atoms with Gasteiger partial charge in [-0.25, -0.2) is 9.37 Å². The smallest absolute Gasteiger partial charge is 0.243 e. The molecule has 0 saturated heterocycles. The van der Waals surface area contributed by atoms with Crippen molar-refractivity contribution in [2.75, 3.05) is 18.9 Å². The number of hydrogen-bond donors (Lipinski definition) is 1. The number of halogens is 2. The van der Waals surface area contributed by atoms with Gasteiger partial charge in [0.25, 0.3) is 0 Å². The van der Waals surface area contributed by atoms with Gasteiger partial charge in [0.1, 0.15) is 10.8 Å². The number of carbonyl (C=O) groups is 2. The molecule has 0 aliphatic heterocycles. The van der Waals surface area contributed by atoms with E-state index >= 15 is 0 Å². The number of hydrogen-bond acceptors (Lipinski definition) is 4. The second kappa shape index (κ2) is 9.07. The third-order valence-corrected chi connectivity index (χ3v) is 5.30. The Labute approximate surface area is 174 Å². The lowest BCUT2D eigenvalue weighted by Gasteiger charge is -2.16. The first-order valence-corrected chi connectivity index (χ1v) is 10.1. The Bertz CT molecular complexity index is 1010. The Morgan fingerprint density at radius 3 is 2.75 bits per heavy atom. The third kappa shape index (κ3) is 5.46. The van der Waals surface area contributed by atoms with E-state index in [0.717, 1.165) is 15.0 Å². The van der Waals surface area contributed by atoms with E-state index < -0.39 is 11.7 Å². The highest BCUT2D eigenvalue weighted by Crippen LogP contribution is 2.26. The Morgan fingerprint density at radius 1 is 1.21 bits per heavy atom. The molecule has 0 aliphatic rings. The number of rotatable bonds is 6. The Morgan fingerprint density at radius 2 is 2.00 bits per heavy atom. The summed E-state index contributed by atoms with van der Waals surface area (Å²) in [6.45, 7) is -0.127. The van der Waals surface area contributed by atoms with Crippen molar-refractivity contribution >= 4 is 44.8 Å². The van der Waals surface area contributed by atoms with Crippen molar-refractivity contribution in [3.05, 3.63) is 69.9 Å². The normalized spacial score (nSPS) is 10.5. The van der Waals surface area contributed by atoms with Crippen LogP contribution in [0.5, 0.6) is 0 Å². The molecular weight excluding hydrogens is 445 g/mol. The van der Waals surface area contributed by atoms with Gasteiger partial charge in [-0.15, -0.1) is 11.3 Å². The number of thiazole rings is 1. The van der Waals surface area contributed by atoms with E-state index in [1.807, 2.05) is 29.6 Å². The summed E-state index contributed by atoms with van der Waals surface area (Å²) in [7, 11) is 1.55. The number of aromatic nitrogens is 1. The molecule has 0 aliphatic carbocycles. The summed E-state index contributed by atoms with van der Waals surface area (Å²) in [4.78, 5) is 30.3. The van der Waals surface area contributed by atoms with Gasteiger partial charge in [0.2, 0.25) is 11.8 Å². The first-order valence-electron chi connectivity index (χ1n) is 8.40. The van der Waals surface area contributed by atoms with Crippen LogP contribution in [0.15, 0.2) is 58.4 Å². The van der Waals surface area contributed by atoms with Crippen molar-refractivity contribution in [3.63, 3.8) is 0 Å². The topological polar surface area (TPSA) is 62.3 Å². The van der Waals surface area contributed by atoms with Crippen molar-refractivity contribution in [2.24, 2.45) is 0 Å². The van der Waals surface area contributed by atoms with Gasteiger partial charge in [0.05, 0.1) is 18.7 Å². The number of anilines is 1. The fraction of sp³-hybridized carbons (Fsp3) is 0.150. The van der Waals surface area contributed by atoms with Crippen LogP contribution < -0.4 is 5.32 Å². The van der Waals surface area contributed by atoms with Gasteiger partial charge >= 0.3 is 0 Å². The summed E-state index contributed by atoms with van der Waals surface area (Å²) in [5, 5.41) is 5.24. The standard InChI is InChI=1S/C20H17BrFN3O2S/c1-25(11-18(26)23-16-7-3-6-15(22)9-16)19(27)10-17-12-28-20(24-17)13-4-2-5-14(21)8-13/h2-9,12H,10-11H2,1H3,(H,23,26). The van der Waals surface area contributed by atoms with Crippen molar-refractivity contribution in [2.45, 2.75) is 6.42 Å². The molecule has 5 nitrogen and oxygen atoms in total. The molecule has 2 aromatic carbocycles. The van der Waals surface area contributed by atoms with E-state index in [9.17, 15) is 14.0 Å². The third-order valence-electron chi connectivity index (χ3n) is 3.87. The number of amides is 2. The maximum atomic E-state index is 13.2. The minimum atomic E-state index is -0.438. The number of carbonyl (C=O) groups excluding carboxylic acids is 2. The zero-order valence-electron chi connectivity index (χ0n) is 15.0. The van der Waals surface area contributed by atoms with Crippen LogP contribution >= 0.6 is 27.3 Å². The van der Waals surface area contributed by atoms with Crippen molar-refractivity contribution in [1.82, 2.24) is 9.88 Å². The minimum absolute atomic E-state index is 0.105. The Balaban J connectivity index is 1.56. The van der Waals surface area contributed by atoms with Gasteiger partial charge in [-0.2, -0.15) is 0 Å². The highest BCUT2D eigenvalue weighted by Gasteiger charge is 2.16. The van der Waals surface area contributed by atoms with Crippen molar-refractivity contribution in [1.29, 1.82) is 0 Å². The molecule has 0 bridgehead atoms. The maximum absolute atomic E-state index is 13.2. The number of benzene rings is 2. The molecule has 0 fully saturated rings. The number of nitrogens with zero attached hydrogens (tertiary/aromatic N) is 2. The lowest BCUT2D eigenvalue weighted by Crippen LogP contribution is -2.35. The van der Waals surface area contributed by atoms with Crippen LogP contribution in [-0.2, 0) is 16.0 Å². The van der Waals surface area contributed by atoms with Crippen LogP contribution in [0.1, 0.15) is 5.69 Å². The van der Waals surface area contributed by atoms with Crippen molar-refractivity contribution < 1.29 is 14.0 Å². The van der Waals surface area contributed by atoms with Gasteiger partial charge in [0, 0.05) is 28.2 Å². The molecule has 144 valence electrons. The Kier molecular flexibility index (Phi) is 6.53. The van der Waals surface area contributed by atoms with Crippen LogP contribution in [0.4, 0.5) is 10.1 Å². The zero-order chi connectivity index (χ0) is 20.1. The van der Waals surface area contributed by atoms with E-state index in [1.165, 1.54) is 34.4 Å². The molecule has 0 radical (unpaired) electrons. The molecule has 3 rings (SSSR count). The van der Waals surface area contributed by atoms with Gasteiger partial charge < -0.3 is 10.2 Å². The molecule has 1 heterocycles. The van der Waals surface area contributed by atoms with Crippen LogP contribution in [0.3, 0.4) is 0 Å². The maximum Gasteiger partial charge on any atom is 0.243 e. The summed E-state index contributed by atoms with van der Waals surface area (Å²) in [6.07, 6.45) is 0.105. The fourth-order valence-electron chi connectivity index (χ4n) is 2.50. The molecule has 0 spiro atoms. The minimum Gasteiger partial charge on any atom is -0.336 e. The van der Waals surface area contributed by atoms with E-state index in [1.54, 1.807) is 13.1 Å². The lowest BCUT2D eigenvalue weighted by molar-refractivity contribution is -0.132. The molecule has 28 heavy (non-hydrogen) atoms. The number of likely N-dealkylation sites (N-methyl/N-ethyl adjacent to an activating group) is 1. The molecule has 1 aromatic heterocycles. The summed E-state index contributed by atoms with van der Waals surface area (Å²) >= 11 is 4.90. The average Bonchev–Trinajstić information content (AvgIpc) is 3.10. The van der Waals surface area contributed by atoms with E-state index in [4.69, 9.17) is 0 Å². The van der Waals surface area contributed by atoms with Gasteiger partial charge in [-0.1, -0.05) is 34.1 Å².